The second-order valence-corrected chi connectivity index (χ2v) is 4.45. The van der Waals surface area contributed by atoms with E-state index in [1.54, 1.807) is 0 Å². The first-order valence-electron chi connectivity index (χ1n) is 5.24. The van der Waals surface area contributed by atoms with E-state index >= 15 is 0 Å². The van der Waals surface area contributed by atoms with Crippen LogP contribution in [0.4, 0.5) is 0 Å². The molecular weight excluding hydrogens is 160 g/mol. The lowest BCUT2D eigenvalue weighted by Crippen LogP contribution is -2.36. The fourth-order valence-electron chi connectivity index (χ4n) is 2.18. The molecule has 1 aliphatic rings. The first kappa shape index (κ1) is 10.5. The number of rotatable bonds is 3. The van der Waals surface area contributed by atoms with Crippen molar-refractivity contribution in [2.24, 2.45) is 5.92 Å². The summed E-state index contributed by atoms with van der Waals surface area (Å²) in [4.78, 5) is 2.38. The zero-order chi connectivity index (χ0) is 9.84. The highest BCUT2D eigenvalue weighted by atomic mass is 15.2. The third-order valence-electron chi connectivity index (χ3n) is 3.33. The Balaban J connectivity index is 2.39. The van der Waals surface area contributed by atoms with Crippen LogP contribution in [0.1, 0.15) is 39.5 Å². The molecule has 0 aromatic carbocycles. The second-order valence-electron chi connectivity index (χ2n) is 4.45. The van der Waals surface area contributed by atoms with Gasteiger partial charge in [-0.3, -0.25) is 4.90 Å². The molecule has 2 heteroatoms. The van der Waals surface area contributed by atoms with Crippen LogP contribution in [0.3, 0.4) is 0 Å². The van der Waals surface area contributed by atoms with Crippen molar-refractivity contribution in [2.75, 3.05) is 7.05 Å². The molecule has 0 spiro atoms. The van der Waals surface area contributed by atoms with Gasteiger partial charge in [-0.1, -0.05) is 6.92 Å². The van der Waals surface area contributed by atoms with Gasteiger partial charge in [-0.15, -0.1) is 0 Å². The Morgan fingerprint density at radius 2 is 2.23 bits per heavy atom. The summed E-state index contributed by atoms with van der Waals surface area (Å²) < 4.78 is 0. The molecule has 0 radical (unpaired) electrons. The van der Waals surface area contributed by atoms with Crippen molar-refractivity contribution in [3.63, 3.8) is 0 Å². The molecule has 13 heavy (non-hydrogen) atoms. The average Bonchev–Trinajstić information content (AvgIpc) is 2.51. The monoisotopic (exact) mass is 180 g/mol. The quantitative estimate of drug-likeness (QED) is 0.667. The van der Waals surface area contributed by atoms with Crippen molar-refractivity contribution >= 4 is 0 Å². The zero-order valence-electron chi connectivity index (χ0n) is 8.95. The number of nitrogens with zero attached hydrogens (tertiary/aromatic N) is 2. The molecule has 1 fully saturated rings. The third kappa shape index (κ3) is 2.70. The van der Waals surface area contributed by atoms with Crippen molar-refractivity contribution in [2.45, 2.75) is 51.6 Å². The van der Waals surface area contributed by atoms with Crippen LogP contribution in [0.2, 0.25) is 0 Å². The highest BCUT2D eigenvalue weighted by molar-refractivity contribution is 4.85. The van der Waals surface area contributed by atoms with Gasteiger partial charge >= 0.3 is 0 Å². The van der Waals surface area contributed by atoms with Gasteiger partial charge in [-0.05, 0) is 39.2 Å². The van der Waals surface area contributed by atoms with Crippen LogP contribution < -0.4 is 0 Å². The van der Waals surface area contributed by atoms with Crippen LogP contribution >= 0.6 is 0 Å². The van der Waals surface area contributed by atoms with Crippen LogP contribution in [0.15, 0.2) is 0 Å². The fourth-order valence-corrected chi connectivity index (χ4v) is 2.18. The Bertz CT molecular complexity index is 195. The standard InChI is InChI=1S/C11H20N2/c1-9-4-5-11(8-9)13(3)10(2)6-7-12/h9-11H,4-6,8H2,1-3H3. The van der Waals surface area contributed by atoms with E-state index in [4.69, 9.17) is 5.26 Å². The Morgan fingerprint density at radius 1 is 1.54 bits per heavy atom. The summed E-state index contributed by atoms with van der Waals surface area (Å²) >= 11 is 0. The molecule has 0 aromatic heterocycles. The van der Waals surface area contributed by atoms with Crippen LogP contribution in [0.5, 0.6) is 0 Å². The summed E-state index contributed by atoms with van der Waals surface area (Å²) in [6.07, 6.45) is 4.63. The molecule has 3 unspecified atom stereocenters. The molecule has 0 heterocycles. The maximum Gasteiger partial charge on any atom is 0.0638 e. The largest absolute Gasteiger partial charge is 0.300 e. The van der Waals surface area contributed by atoms with E-state index < -0.39 is 0 Å². The SMILES string of the molecule is CC1CCC(N(C)C(C)CC#N)C1. The van der Waals surface area contributed by atoms with Gasteiger partial charge in [0, 0.05) is 12.1 Å². The van der Waals surface area contributed by atoms with Gasteiger partial charge in [0.1, 0.15) is 0 Å². The summed E-state index contributed by atoms with van der Waals surface area (Å²) in [5.41, 5.74) is 0. The van der Waals surface area contributed by atoms with Gasteiger partial charge in [0.2, 0.25) is 0 Å². The van der Waals surface area contributed by atoms with Crippen LogP contribution in [-0.4, -0.2) is 24.0 Å². The highest BCUT2D eigenvalue weighted by Crippen LogP contribution is 2.29. The molecule has 0 aromatic rings. The molecule has 0 saturated heterocycles. The van der Waals surface area contributed by atoms with E-state index in [1.165, 1.54) is 19.3 Å². The summed E-state index contributed by atoms with van der Waals surface area (Å²) in [7, 11) is 2.16. The van der Waals surface area contributed by atoms with Gasteiger partial charge in [0.15, 0.2) is 0 Å². The molecule has 0 bridgehead atoms. The van der Waals surface area contributed by atoms with E-state index in [1.807, 2.05) is 0 Å². The maximum absolute atomic E-state index is 8.60. The molecule has 2 nitrogen and oxygen atoms in total. The van der Waals surface area contributed by atoms with Gasteiger partial charge < -0.3 is 0 Å². The van der Waals surface area contributed by atoms with Gasteiger partial charge in [-0.2, -0.15) is 5.26 Å². The predicted octanol–water partition coefficient (Wildman–Crippen LogP) is 2.41. The topological polar surface area (TPSA) is 27.0 Å². The minimum atomic E-state index is 0.417. The van der Waals surface area contributed by atoms with Crippen LogP contribution in [-0.2, 0) is 0 Å². The molecule has 1 rings (SSSR count). The molecule has 0 aliphatic heterocycles. The predicted molar refractivity (Wildman–Crippen MR) is 54.3 cm³/mol. The Kier molecular flexibility index (Phi) is 3.74. The Morgan fingerprint density at radius 3 is 2.69 bits per heavy atom. The van der Waals surface area contributed by atoms with Crippen molar-refractivity contribution < 1.29 is 0 Å². The first-order chi connectivity index (χ1) is 6.15. The van der Waals surface area contributed by atoms with Gasteiger partial charge in [0.25, 0.3) is 0 Å². The van der Waals surface area contributed by atoms with E-state index in [0.717, 1.165) is 12.0 Å². The lowest BCUT2D eigenvalue weighted by Gasteiger charge is -2.29. The fraction of sp³-hybridized carbons (Fsp3) is 0.909. The Hall–Kier alpha value is -0.550. The number of hydrogen-bond donors (Lipinski definition) is 0. The summed E-state index contributed by atoms with van der Waals surface area (Å²) in [5.74, 6) is 0.877. The molecule has 1 aliphatic carbocycles. The molecule has 0 amide bonds. The average molecular weight is 180 g/mol. The summed E-state index contributed by atoms with van der Waals surface area (Å²) in [6, 6.07) is 3.38. The first-order valence-corrected chi connectivity index (χ1v) is 5.24. The maximum atomic E-state index is 8.60. The molecule has 3 atom stereocenters. The molecular formula is C11H20N2. The van der Waals surface area contributed by atoms with Crippen molar-refractivity contribution in [3.8, 4) is 6.07 Å². The van der Waals surface area contributed by atoms with E-state index in [-0.39, 0.29) is 0 Å². The Labute approximate surface area is 81.5 Å². The summed E-state index contributed by atoms with van der Waals surface area (Å²) in [6.45, 7) is 4.47. The van der Waals surface area contributed by atoms with E-state index in [2.05, 4.69) is 31.9 Å². The summed E-state index contributed by atoms with van der Waals surface area (Å²) in [5, 5.41) is 8.60. The minimum absolute atomic E-state index is 0.417. The van der Waals surface area contributed by atoms with Crippen molar-refractivity contribution in [1.82, 2.24) is 4.90 Å². The van der Waals surface area contributed by atoms with Gasteiger partial charge in [0.05, 0.1) is 12.5 Å². The number of hydrogen-bond acceptors (Lipinski definition) is 2. The van der Waals surface area contributed by atoms with E-state index in [0.29, 0.717) is 12.5 Å². The van der Waals surface area contributed by atoms with Crippen LogP contribution in [0.25, 0.3) is 0 Å². The van der Waals surface area contributed by atoms with Crippen molar-refractivity contribution in [3.05, 3.63) is 0 Å². The molecule has 0 N–H and O–H groups in total. The lowest BCUT2D eigenvalue weighted by molar-refractivity contribution is 0.185. The third-order valence-corrected chi connectivity index (χ3v) is 3.33. The van der Waals surface area contributed by atoms with E-state index in [9.17, 15) is 0 Å². The normalized spacial score (nSPS) is 30.4. The van der Waals surface area contributed by atoms with Crippen LogP contribution in [0, 0.1) is 17.2 Å². The molecule has 74 valence electrons. The minimum Gasteiger partial charge on any atom is -0.300 e. The smallest absolute Gasteiger partial charge is 0.0638 e. The van der Waals surface area contributed by atoms with Crippen molar-refractivity contribution in [1.29, 1.82) is 5.26 Å². The lowest BCUT2D eigenvalue weighted by atomic mass is 10.1. The highest BCUT2D eigenvalue weighted by Gasteiger charge is 2.26. The zero-order valence-corrected chi connectivity index (χ0v) is 8.95. The molecule has 1 saturated carbocycles. The van der Waals surface area contributed by atoms with Gasteiger partial charge in [-0.25, -0.2) is 0 Å². The number of nitriles is 1. The second kappa shape index (κ2) is 4.62.